The maximum absolute atomic E-state index is 13.7. The van der Waals surface area contributed by atoms with E-state index in [-0.39, 0.29) is 23.9 Å². The molecule has 0 bridgehead atoms. The minimum absolute atomic E-state index is 0.00678. The second kappa shape index (κ2) is 7.47. The number of aromatic nitrogens is 2. The van der Waals surface area contributed by atoms with Crippen molar-refractivity contribution in [3.05, 3.63) is 77.1 Å². The van der Waals surface area contributed by atoms with Gasteiger partial charge in [-0.1, -0.05) is 18.2 Å². The summed E-state index contributed by atoms with van der Waals surface area (Å²) in [6.45, 7) is 3.12. The van der Waals surface area contributed by atoms with Gasteiger partial charge in [-0.05, 0) is 62.1 Å². The van der Waals surface area contributed by atoms with E-state index in [1.54, 1.807) is 36.1 Å². The Kier molecular flexibility index (Phi) is 4.54. The molecule has 1 saturated heterocycles. The topological polar surface area (TPSA) is 67.7 Å². The minimum atomic E-state index is -0.00678. The molecule has 0 radical (unpaired) electrons. The van der Waals surface area contributed by atoms with E-state index in [4.69, 9.17) is 9.84 Å². The molecule has 1 aliphatic carbocycles. The fourth-order valence-corrected chi connectivity index (χ4v) is 5.22. The van der Waals surface area contributed by atoms with Crippen LogP contribution < -0.4 is 4.74 Å². The maximum Gasteiger partial charge on any atom is 0.273 e. The summed E-state index contributed by atoms with van der Waals surface area (Å²) in [5.41, 5.74) is 4.23. The average molecular weight is 443 g/mol. The number of benzene rings is 2. The molecule has 6 rings (SSSR count). The highest BCUT2D eigenvalue weighted by atomic mass is 16.5. The number of para-hydroxylation sites is 1. The molecule has 1 aromatic heterocycles. The molecular formula is C26H26N4O3. The molecule has 3 heterocycles. The lowest BCUT2D eigenvalue weighted by molar-refractivity contribution is 0.0115. The van der Waals surface area contributed by atoms with Crippen molar-refractivity contribution >= 4 is 11.8 Å². The van der Waals surface area contributed by atoms with E-state index in [0.717, 1.165) is 35.5 Å². The molecule has 0 spiro atoms. The Bertz CT molecular complexity index is 1220. The number of methoxy groups -OCH3 is 1. The van der Waals surface area contributed by atoms with Crippen molar-refractivity contribution in [3.63, 3.8) is 0 Å². The Morgan fingerprint density at radius 1 is 1.03 bits per heavy atom. The first kappa shape index (κ1) is 20.0. The van der Waals surface area contributed by atoms with Gasteiger partial charge in [-0.3, -0.25) is 9.59 Å². The molecule has 33 heavy (non-hydrogen) atoms. The SMILES string of the molecule is COc1ccc(C(=O)N2CC(N3C(=O)c4c(c(C)nn4-c4ccccc4)C3C3CC3)C2)cc1. The van der Waals surface area contributed by atoms with Crippen molar-refractivity contribution < 1.29 is 14.3 Å². The van der Waals surface area contributed by atoms with Crippen LogP contribution in [0, 0.1) is 12.8 Å². The molecule has 1 unspecified atom stereocenters. The first-order chi connectivity index (χ1) is 16.1. The van der Waals surface area contributed by atoms with E-state index >= 15 is 0 Å². The molecule has 3 aromatic rings. The summed E-state index contributed by atoms with van der Waals surface area (Å²) in [6, 6.07) is 17.1. The van der Waals surface area contributed by atoms with Gasteiger partial charge < -0.3 is 14.5 Å². The molecule has 168 valence electrons. The van der Waals surface area contributed by atoms with E-state index in [0.29, 0.717) is 30.3 Å². The summed E-state index contributed by atoms with van der Waals surface area (Å²) in [6.07, 6.45) is 2.26. The summed E-state index contributed by atoms with van der Waals surface area (Å²) in [5.74, 6) is 1.23. The molecular weight excluding hydrogens is 416 g/mol. The third-order valence-electron chi connectivity index (χ3n) is 7.09. The fraction of sp³-hybridized carbons (Fsp3) is 0.346. The molecule has 0 N–H and O–H groups in total. The van der Waals surface area contributed by atoms with Gasteiger partial charge in [-0.25, -0.2) is 4.68 Å². The number of nitrogens with zero attached hydrogens (tertiary/aromatic N) is 4. The van der Waals surface area contributed by atoms with Gasteiger partial charge in [-0.15, -0.1) is 0 Å². The number of likely N-dealkylation sites (tertiary alicyclic amines) is 1. The average Bonchev–Trinajstić information content (AvgIpc) is 3.54. The van der Waals surface area contributed by atoms with Crippen LogP contribution in [0.5, 0.6) is 5.75 Å². The van der Waals surface area contributed by atoms with Crippen molar-refractivity contribution in [1.82, 2.24) is 19.6 Å². The summed E-state index contributed by atoms with van der Waals surface area (Å²) in [7, 11) is 1.61. The van der Waals surface area contributed by atoms with Gasteiger partial charge in [0.25, 0.3) is 11.8 Å². The van der Waals surface area contributed by atoms with E-state index in [9.17, 15) is 9.59 Å². The molecule has 2 aromatic carbocycles. The molecule has 1 saturated carbocycles. The number of hydrogen-bond acceptors (Lipinski definition) is 4. The Labute approximate surface area is 192 Å². The number of amides is 2. The Morgan fingerprint density at radius 3 is 2.36 bits per heavy atom. The Balaban J connectivity index is 1.26. The quantitative estimate of drug-likeness (QED) is 0.605. The van der Waals surface area contributed by atoms with Gasteiger partial charge in [0.05, 0.1) is 30.6 Å². The Hall–Kier alpha value is -3.61. The summed E-state index contributed by atoms with van der Waals surface area (Å²) in [4.78, 5) is 30.5. The number of aryl methyl sites for hydroxylation is 1. The highest BCUT2D eigenvalue weighted by Gasteiger charge is 2.53. The number of carbonyl (C=O) groups excluding carboxylic acids is 2. The minimum Gasteiger partial charge on any atom is -0.497 e. The first-order valence-electron chi connectivity index (χ1n) is 11.5. The van der Waals surface area contributed by atoms with Crippen molar-refractivity contribution in [1.29, 1.82) is 0 Å². The van der Waals surface area contributed by atoms with Gasteiger partial charge in [0.15, 0.2) is 0 Å². The fourth-order valence-electron chi connectivity index (χ4n) is 5.22. The molecule has 2 amide bonds. The van der Waals surface area contributed by atoms with E-state index in [2.05, 4.69) is 0 Å². The number of ether oxygens (including phenoxy) is 1. The lowest BCUT2D eigenvalue weighted by atomic mass is 9.99. The van der Waals surface area contributed by atoms with Crippen LogP contribution >= 0.6 is 0 Å². The molecule has 2 fully saturated rings. The van der Waals surface area contributed by atoms with E-state index < -0.39 is 0 Å². The predicted octanol–water partition coefficient (Wildman–Crippen LogP) is 3.62. The lowest BCUT2D eigenvalue weighted by Crippen LogP contribution is -2.62. The number of hydrogen-bond donors (Lipinski definition) is 0. The molecule has 7 heteroatoms. The normalized spacial score (nSPS) is 20.1. The second-order valence-electron chi connectivity index (χ2n) is 9.18. The Morgan fingerprint density at radius 2 is 1.73 bits per heavy atom. The lowest BCUT2D eigenvalue weighted by Gasteiger charge is -2.46. The van der Waals surface area contributed by atoms with Crippen molar-refractivity contribution in [2.75, 3.05) is 20.2 Å². The molecule has 2 aliphatic heterocycles. The third-order valence-corrected chi connectivity index (χ3v) is 7.09. The number of fused-ring (bicyclic) bond motifs is 1. The van der Waals surface area contributed by atoms with Crippen LogP contribution in [0.3, 0.4) is 0 Å². The molecule has 7 nitrogen and oxygen atoms in total. The summed E-state index contributed by atoms with van der Waals surface area (Å²) < 4.78 is 6.99. The summed E-state index contributed by atoms with van der Waals surface area (Å²) in [5, 5.41) is 4.74. The maximum atomic E-state index is 13.7. The van der Waals surface area contributed by atoms with Gasteiger partial charge in [-0.2, -0.15) is 5.10 Å². The zero-order valence-corrected chi connectivity index (χ0v) is 18.8. The van der Waals surface area contributed by atoms with Crippen LogP contribution in [-0.2, 0) is 0 Å². The highest BCUT2D eigenvalue weighted by molar-refractivity contribution is 5.99. The zero-order chi connectivity index (χ0) is 22.7. The number of rotatable bonds is 5. The predicted molar refractivity (Wildman–Crippen MR) is 123 cm³/mol. The van der Waals surface area contributed by atoms with Gasteiger partial charge in [0, 0.05) is 24.2 Å². The third kappa shape index (κ3) is 3.14. The second-order valence-corrected chi connectivity index (χ2v) is 9.18. The van der Waals surface area contributed by atoms with Crippen LogP contribution in [-0.4, -0.2) is 57.6 Å². The van der Waals surface area contributed by atoms with Gasteiger partial charge in [0.2, 0.25) is 0 Å². The monoisotopic (exact) mass is 442 g/mol. The van der Waals surface area contributed by atoms with Crippen LogP contribution in [0.1, 0.15) is 51.0 Å². The largest absolute Gasteiger partial charge is 0.497 e. The molecule has 3 aliphatic rings. The van der Waals surface area contributed by atoms with Crippen LogP contribution in [0.25, 0.3) is 5.69 Å². The zero-order valence-electron chi connectivity index (χ0n) is 18.8. The van der Waals surface area contributed by atoms with Gasteiger partial charge in [0.1, 0.15) is 11.4 Å². The highest BCUT2D eigenvalue weighted by Crippen LogP contribution is 2.52. The van der Waals surface area contributed by atoms with E-state index in [1.807, 2.05) is 47.1 Å². The number of carbonyl (C=O) groups is 2. The van der Waals surface area contributed by atoms with Crippen molar-refractivity contribution in [2.24, 2.45) is 5.92 Å². The summed E-state index contributed by atoms with van der Waals surface area (Å²) >= 11 is 0. The van der Waals surface area contributed by atoms with Gasteiger partial charge >= 0.3 is 0 Å². The van der Waals surface area contributed by atoms with Crippen LogP contribution in [0.2, 0.25) is 0 Å². The standard InChI is InChI=1S/C26H26N4O3/c1-16-22-23(17-8-9-17)29(26(32)24(22)30(27-16)19-6-4-3-5-7-19)20-14-28(15-20)25(31)18-10-12-21(33-2)13-11-18/h3-7,10-13,17,20,23H,8-9,14-15H2,1-2H3. The van der Waals surface area contributed by atoms with Crippen molar-refractivity contribution in [3.8, 4) is 11.4 Å². The van der Waals surface area contributed by atoms with Crippen molar-refractivity contribution in [2.45, 2.75) is 31.8 Å². The molecule has 1 atom stereocenters. The van der Waals surface area contributed by atoms with E-state index in [1.165, 1.54) is 0 Å². The van der Waals surface area contributed by atoms with Crippen LogP contribution in [0.15, 0.2) is 54.6 Å². The van der Waals surface area contributed by atoms with Crippen LogP contribution in [0.4, 0.5) is 0 Å². The first-order valence-corrected chi connectivity index (χ1v) is 11.5. The smallest absolute Gasteiger partial charge is 0.273 e.